The molecule has 0 saturated heterocycles. The largest absolute Gasteiger partial charge is 0.378 e. The van der Waals surface area contributed by atoms with Crippen molar-refractivity contribution in [3.63, 3.8) is 0 Å². The Hall–Kier alpha value is -3.06. The monoisotopic (exact) mass is 419 g/mol. The molecule has 0 bridgehead atoms. The predicted octanol–water partition coefficient (Wildman–Crippen LogP) is 4.60. The molecule has 0 atom stereocenters. The number of nitrogens with one attached hydrogen (secondary N) is 1. The highest BCUT2D eigenvalue weighted by atomic mass is 32.2. The number of hydrogen-bond acceptors (Lipinski definition) is 5. The molecule has 1 N–H and O–H groups in total. The summed E-state index contributed by atoms with van der Waals surface area (Å²) >= 11 is 1.40. The average molecular weight is 420 g/mol. The lowest BCUT2D eigenvalue weighted by atomic mass is 10.1. The van der Waals surface area contributed by atoms with Crippen LogP contribution in [0.3, 0.4) is 0 Å². The summed E-state index contributed by atoms with van der Waals surface area (Å²) in [5, 5.41) is 13.6. The summed E-state index contributed by atoms with van der Waals surface area (Å²) in [7, 11) is 3.98. The molecule has 2 heterocycles. The van der Waals surface area contributed by atoms with E-state index in [0.29, 0.717) is 0 Å². The number of aromatic nitrogens is 3. The summed E-state index contributed by atoms with van der Waals surface area (Å²) in [5.74, 6) is 0.190. The van der Waals surface area contributed by atoms with Gasteiger partial charge in [-0.05, 0) is 73.7 Å². The molecule has 154 valence electrons. The molecule has 0 spiro atoms. The van der Waals surface area contributed by atoms with Crippen LogP contribution in [0, 0.1) is 20.8 Å². The van der Waals surface area contributed by atoms with Crippen LogP contribution in [0.5, 0.6) is 0 Å². The fraction of sp³-hybridized carbons (Fsp3) is 0.261. The van der Waals surface area contributed by atoms with Crippen LogP contribution in [0.1, 0.15) is 16.7 Å². The van der Waals surface area contributed by atoms with Gasteiger partial charge in [0.1, 0.15) is 0 Å². The van der Waals surface area contributed by atoms with Crippen LogP contribution in [-0.2, 0) is 4.79 Å². The molecule has 7 heteroatoms. The maximum Gasteiger partial charge on any atom is 0.234 e. The zero-order valence-corrected chi connectivity index (χ0v) is 18.7. The van der Waals surface area contributed by atoms with E-state index in [1.807, 2.05) is 50.2 Å². The third-order valence-electron chi connectivity index (χ3n) is 5.06. The number of aryl methyl sites for hydroxylation is 3. The van der Waals surface area contributed by atoms with Crippen molar-refractivity contribution in [3.8, 4) is 0 Å². The molecule has 6 nitrogen and oxygen atoms in total. The minimum Gasteiger partial charge on any atom is -0.378 e. The molecule has 0 fully saturated rings. The van der Waals surface area contributed by atoms with Crippen LogP contribution in [0.15, 0.2) is 47.6 Å². The van der Waals surface area contributed by atoms with E-state index in [9.17, 15) is 4.79 Å². The van der Waals surface area contributed by atoms with E-state index in [1.54, 1.807) is 0 Å². The van der Waals surface area contributed by atoms with Gasteiger partial charge in [-0.2, -0.15) is 0 Å². The molecule has 4 aromatic rings. The van der Waals surface area contributed by atoms with E-state index in [4.69, 9.17) is 0 Å². The van der Waals surface area contributed by atoms with Gasteiger partial charge in [0.15, 0.2) is 10.8 Å². The van der Waals surface area contributed by atoms with Crippen LogP contribution in [0.25, 0.3) is 16.6 Å². The van der Waals surface area contributed by atoms with Crippen molar-refractivity contribution >= 4 is 45.6 Å². The van der Waals surface area contributed by atoms with E-state index in [0.717, 1.165) is 38.6 Å². The van der Waals surface area contributed by atoms with Crippen molar-refractivity contribution in [3.05, 3.63) is 59.2 Å². The van der Waals surface area contributed by atoms with Gasteiger partial charge < -0.3 is 10.2 Å². The van der Waals surface area contributed by atoms with Gasteiger partial charge in [0, 0.05) is 25.5 Å². The minimum absolute atomic E-state index is 0.0705. The number of anilines is 2. The number of thioether (sulfide) groups is 1. The number of pyridine rings is 1. The van der Waals surface area contributed by atoms with Crippen molar-refractivity contribution in [1.82, 2.24) is 14.6 Å². The zero-order chi connectivity index (χ0) is 21.4. The van der Waals surface area contributed by atoms with E-state index in [-0.39, 0.29) is 11.7 Å². The lowest BCUT2D eigenvalue weighted by Gasteiger charge is -2.13. The van der Waals surface area contributed by atoms with Crippen LogP contribution < -0.4 is 10.2 Å². The molecule has 0 aliphatic carbocycles. The summed E-state index contributed by atoms with van der Waals surface area (Å²) in [5.41, 5.74) is 7.25. The highest BCUT2D eigenvalue weighted by Gasteiger charge is 2.15. The number of carbonyl (C=O) groups is 1. The molecular weight excluding hydrogens is 394 g/mol. The minimum atomic E-state index is -0.0705. The number of benzene rings is 2. The van der Waals surface area contributed by atoms with Crippen molar-refractivity contribution in [2.75, 3.05) is 30.1 Å². The lowest BCUT2D eigenvalue weighted by Crippen LogP contribution is -2.14. The Labute approximate surface area is 180 Å². The number of hydrogen-bond donors (Lipinski definition) is 1. The molecule has 2 aromatic heterocycles. The number of amides is 1. The van der Waals surface area contributed by atoms with Crippen molar-refractivity contribution in [1.29, 1.82) is 0 Å². The van der Waals surface area contributed by atoms with Gasteiger partial charge in [-0.3, -0.25) is 9.20 Å². The SMILES string of the molecule is Cc1cc(C)c2c(c1)cc(C)c1nnc(SCC(=O)Nc3ccc(N(C)C)cc3)n12. The van der Waals surface area contributed by atoms with Gasteiger partial charge >= 0.3 is 0 Å². The molecule has 0 aliphatic heterocycles. The third-order valence-corrected chi connectivity index (χ3v) is 5.98. The summed E-state index contributed by atoms with van der Waals surface area (Å²) in [6.45, 7) is 6.24. The fourth-order valence-electron chi connectivity index (χ4n) is 3.70. The van der Waals surface area contributed by atoms with Crippen molar-refractivity contribution in [2.24, 2.45) is 0 Å². The molecule has 30 heavy (non-hydrogen) atoms. The fourth-order valence-corrected chi connectivity index (χ4v) is 4.43. The van der Waals surface area contributed by atoms with Crippen LogP contribution in [0.4, 0.5) is 11.4 Å². The normalized spacial score (nSPS) is 11.2. The Morgan fingerprint density at radius 3 is 2.47 bits per heavy atom. The molecule has 0 unspecified atom stereocenters. The standard InChI is InChI=1S/C23H25N5OS/c1-14-10-15(2)21-17(11-14)12-16(3)22-25-26-23(28(21)22)30-13-20(29)24-18-6-8-19(9-7-18)27(4)5/h6-12H,13H2,1-5H3,(H,24,29). The Morgan fingerprint density at radius 2 is 1.77 bits per heavy atom. The summed E-state index contributed by atoms with van der Waals surface area (Å²) < 4.78 is 2.07. The number of nitrogens with zero attached hydrogens (tertiary/aromatic N) is 4. The molecule has 4 rings (SSSR count). The topological polar surface area (TPSA) is 62.5 Å². The van der Waals surface area contributed by atoms with Crippen LogP contribution in [-0.4, -0.2) is 40.4 Å². The highest BCUT2D eigenvalue weighted by Crippen LogP contribution is 2.28. The number of rotatable bonds is 5. The number of fused-ring (bicyclic) bond motifs is 3. The van der Waals surface area contributed by atoms with Gasteiger partial charge in [0.2, 0.25) is 5.91 Å². The molecular formula is C23H25N5OS. The van der Waals surface area contributed by atoms with Gasteiger partial charge in [0.25, 0.3) is 0 Å². The summed E-state index contributed by atoms with van der Waals surface area (Å²) in [6.07, 6.45) is 0. The first kappa shape index (κ1) is 20.2. The molecule has 0 radical (unpaired) electrons. The second kappa shape index (κ2) is 7.99. The maximum atomic E-state index is 12.5. The average Bonchev–Trinajstić information content (AvgIpc) is 3.11. The quantitative estimate of drug-likeness (QED) is 0.479. The van der Waals surface area contributed by atoms with E-state index in [2.05, 4.69) is 52.0 Å². The second-order valence-corrected chi connectivity index (χ2v) is 8.71. The zero-order valence-electron chi connectivity index (χ0n) is 17.9. The molecule has 1 amide bonds. The molecule has 0 aliphatic rings. The first-order chi connectivity index (χ1) is 14.3. The van der Waals surface area contributed by atoms with Gasteiger partial charge in [-0.25, -0.2) is 0 Å². The van der Waals surface area contributed by atoms with E-state index < -0.39 is 0 Å². The van der Waals surface area contributed by atoms with Crippen molar-refractivity contribution < 1.29 is 4.79 Å². The Bertz CT molecular complexity index is 1240. The van der Waals surface area contributed by atoms with E-state index >= 15 is 0 Å². The van der Waals surface area contributed by atoms with Gasteiger partial charge in [0.05, 0.1) is 11.3 Å². The van der Waals surface area contributed by atoms with Gasteiger partial charge in [-0.15, -0.1) is 10.2 Å². The third kappa shape index (κ3) is 3.85. The highest BCUT2D eigenvalue weighted by molar-refractivity contribution is 7.99. The van der Waals surface area contributed by atoms with Crippen molar-refractivity contribution in [2.45, 2.75) is 25.9 Å². The maximum absolute atomic E-state index is 12.5. The van der Waals surface area contributed by atoms with Crippen LogP contribution in [0.2, 0.25) is 0 Å². The Morgan fingerprint density at radius 1 is 1.03 bits per heavy atom. The smallest absolute Gasteiger partial charge is 0.234 e. The second-order valence-electron chi connectivity index (χ2n) is 7.77. The molecule has 0 saturated carbocycles. The summed E-state index contributed by atoms with van der Waals surface area (Å²) in [6, 6.07) is 14.3. The first-order valence-corrected chi connectivity index (χ1v) is 10.8. The lowest BCUT2D eigenvalue weighted by molar-refractivity contribution is -0.113. The molecule has 2 aromatic carbocycles. The Kier molecular flexibility index (Phi) is 5.39. The Balaban J connectivity index is 1.57. The first-order valence-electron chi connectivity index (χ1n) is 9.79. The van der Waals surface area contributed by atoms with E-state index in [1.165, 1.54) is 22.9 Å². The van der Waals surface area contributed by atoms with Crippen LogP contribution >= 0.6 is 11.8 Å². The number of carbonyl (C=O) groups excluding carboxylic acids is 1. The predicted molar refractivity (Wildman–Crippen MR) is 125 cm³/mol. The van der Waals surface area contributed by atoms with Gasteiger partial charge in [-0.1, -0.05) is 23.4 Å². The summed E-state index contributed by atoms with van der Waals surface area (Å²) in [4.78, 5) is 14.5.